The molecule has 0 radical (unpaired) electrons. The molecule has 1 saturated carbocycles. The summed E-state index contributed by atoms with van der Waals surface area (Å²) < 4.78 is 5.66. The van der Waals surface area contributed by atoms with Gasteiger partial charge in [-0.15, -0.1) is 11.3 Å². The van der Waals surface area contributed by atoms with E-state index in [0.717, 1.165) is 58.7 Å². The van der Waals surface area contributed by atoms with Gasteiger partial charge in [0.05, 0.1) is 39.8 Å². The molecule has 0 aliphatic heterocycles. The number of hydrogen-bond acceptors (Lipinski definition) is 8. The molecule has 4 aromatic rings. The van der Waals surface area contributed by atoms with Crippen molar-refractivity contribution in [1.29, 1.82) is 0 Å². The SMILES string of the molecule is COC(=O)Nc1ccc2nc(Cc3cc(Cc4ccccc4)nc(NC4CCC(O)CC4)n3)sc2c1. The number of methoxy groups -OCH3 is 1. The highest BCUT2D eigenvalue weighted by atomic mass is 32.1. The summed E-state index contributed by atoms with van der Waals surface area (Å²) in [5.41, 5.74) is 4.60. The van der Waals surface area contributed by atoms with Gasteiger partial charge in [0, 0.05) is 24.6 Å². The zero-order chi connectivity index (χ0) is 24.9. The summed E-state index contributed by atoms with van der Waals surface area (Å²) in [6, 6.07) is 18.2. The smallest absolute Gasteiger partial charge is 0.411 e. The second-order valence-corrected chi connectivity index (χ2v) is 10.2. The highest BCUT2D eigenvalue weighted by molar-refractivity contribution is 7.18. The minimum Gasteiger partial charge on any atom is -0.453 e. The van der Waals surface area contributed by atoms with Crippen molar-refractivity contribution in [3.63, 3.8) is 0 Å². The fraction of sp³-hybridized carbons (Fsp3) is 0.333. The lowest BCUT2D eigenvalue weighted by atomic mass is 9.93. The van der Waals surface area contributed by atoms with E-state index in [-0.39, 0.29) is 12.1 Å². The number of aromatic nitrogens is 3. The van der Waals surface area contributed by atoms with Crippen LogP contribution in [0.3, 0.4) is 0 Å². The van der Waals surface area contributed by atoms with Crippen molar-refractivity contribution in [3.8, 4) is 0 Å². The van der Waals surface area contributed by atoms with Gasteiger partial charge in [-0.3, -0.25) is 5.32 Å². The molecule has 2 heterocycles. The molecule has 0 saturated heterocycles. The third kappa shape index (κ3) is 6.16. The van der Waals surface area contributed by atoms with Gasteiger partial charge in [-0.25, -0.2) is 19.7 Å². The first-order valence-electron chi connectivity index (χ1n) is 12.1. The normalized spacial score (nSPS) is 17.6. The van der Waals surface area contributed by atoms with Gasteiger partial charge in [-0.05, 0) is 55.5 Å². The summed E-state index contributed by atoms with van der Waals surface area (Å²) in [5, 5.41) is 17.0. The summed E-state index contributed by atoms with van der Waals surface area (Å²) in [6.07, 6.45) is 4.01. The number of aliphatic hydroxyl groups is 1. The van der Waals surface area contributed by atoms with Gasteiger partial charge in [0.2, 0.25) is 5.95 Å². The Hall–Kier alpha value is -3.56. The average Bonchev–Trinajstić information content (AvgIpc) is 3.27. The fourth-order valence-electron chi connectivity index (χ4n) is 4.46. The van der Waals surface area contributed by atoms with Gasteiger partial charge < -0.3 is 15.2 Å². The summed E-state index contributed by atoms with van der Waals surface area (Å²) in [4.78, 5) is 26.0. The zero-order valence-corrected chi connectivity index (χ0v) is 20.9. The molecule has 9 heteroatoms. The van der Waals surface area contributed by atoms with E-state index in [1.807, 2.05) is 36.4 Å². The average molecular weight is 504 g/mol. The third-order valence-electron chi connectivity index (χ3n) is 6.29. The lowest BCUT2D eigenvalue weighted by molar-refractivity contribution is 0.126. The maximum atomic E-state index is 11.5. The molecular weight excluding hydrogens is 474 g/mol. The van der Waals surface area contributed by atoms with Crippen LogP contribution in [0.2, 0.25) is 0 Å². The minimum atomic E-state index is -0.501. The number of carbonyl (C=O) groups is 1. The largest absolute Gasteiger partial charge is 0.453 e. The van der Waals surface area contributed by atoms with Crippen LogP contribution in [-0.4, -0.2) is 45.4 Å². The predicted molar refractivity (Wildman–Crippen MR) is 142 cm³/mol. The molecule has 36 heavy (non-hydrogen) atoms. The van der Waals surface area contributed by atoms with Crippen LogP contribution in [0.1, 0.15) is 47.6 Å². The van der Waals surface area contributed by atoms with Crippen LogP contribution in [0.5, 0.6) is 0 Å². The molecule has 0 spiro atoms. The van der Waals surface area contributed by atoms with Crippen molar-refractivity contribution < 1.29 is 14.6 Å². The second-order valence-electron chi connectivity index (χ2n) is 9.07. The molecule has 186 valence electrons. The number of anilines is 2. The number of benzene rings is 2. The number of hydrogen-bond donors (Lipinski definition) is 3. The number of ether oxygens (including phenoxy) is 1. The van der Waals surface area contributed by atoms with Crippen LogP contribution >= 0.6 is 11.3 Å². The van der Waals surface area contributed by atoms with E-state index < -0.39 is 6.09 Å². The molecular formula is C27H29N5O3S. The van der Waals surface area contributed by atoms with Gasteiger partial charge in [-0.1, -0.05) is 30.3 Å². The van der Waals surface area contributed by atoms with Crippen molar-refractivity contribution in [3.05, 3.63) is 76.6 Å². The lowest BCUT2D eigenvalue weighted by Gasteiger charge is -2.26. The van der Waals surface area contributed by atoms with Gasteiger partial charge in [-0.2, -0.15) is 0 Å². The van der Waals surface area contributed by atoms with Gasteiger partial charge in [0.1, 0.15) is 0 Å². The van der Waals surface area contributed by atoms with E-state index in [1.165, 1.54) is 12.7 Å². The van der Waals surface area contributed by atoms with E-state index in [2.05, 4.69) is 33.6 Å². The molecule has 1 fully saturated rings. The van der Waals surface area contributed by atoms with E-state index in [9.17, 15) is 9.90 Å². The van der Waals surface area contributed by atoms with Crippen molar-refractivity contribution in [2.24, 2.45) is 0 Å². The number of fused-ring (bicyclic) bond motifs is 1. The number of amides is 1. The summed E-state index contributed by atoms with van der Waals surface area (Å²) >= 11 is 1.58. The number of nitrogens with one attached hydrogen (secondary N) is 2. The number of thiazole rings is 1. The quantitative estimate of drug-likeness (QED) is 0.319. The van der Waals surface area contributed by atoms with Crippen LogP contribution in [0.4, 0.5) is 16.4 Å². The Kier molecular flexibility index (Phi) is 7.39. The first kappa shape index (κ1) is 24.1. The molecule has 0 atom stereocenters. The second kappa shape index (κ2) is 11.0. The molecule has 0 bridgehead atoms. The van der Waals surface area contributed by atoms with Gasteiger partial charge in [0.15, 0.2) is 0 Å². The van der Waals surface area contributed by atoms with Crippen molar-refractivity contribution in [1.82, 2.24) is 15.0 Å². The van der Waals surface area contributed by atoms with Crippen LogP contribution in [0.15, 0.2) is 54.6 Å². The van der Waals surface area contributed by atoms with Crippen molar-refractivity contribution in [2.45, 2.75) is 50.7 Å². The lowest BCUT2D eigenvalue weighted by Crippen LogP contribution is -2.29. The van der Waals surface area contributed by atoms with Crippen LogP contribution in [0, 0.1) is 0 Å². The number of carbonyl (C=O) groups excluding carboxylic acids is 1. The maximum Gasteiger partial charge on any atom is 0.411 e. The number of nitrogens with zero attached hydrogens (tertiary/aromatic N) is 3. The number of aliphatic hydroxyl groups excluding tert-OH is 1. The predicted octanol–water partition coefficient (Wildman–Crippen LogP) is 5.16. The molecule has 0 unspecified atom stereocenters. The van der Waals surface area contributed by atoms with E-state index >= 15 is 0 Å². The Labute approximate surface area is 213 Å². The molecule has 2 aromatic carbocycles. The Balaban J connectivity index is 1.39. The number of rotatable bonds is 7. The van der Waals surface area contributed by atoms with Crippen LogP contribution in [0.25, 0.3) is 10.2 Å². The Morgan fingerprint density at radius 3 is 2.50 bits per heavy atom. The highest BCUT2D eigenvalue weighted by Crippen LogP contribution is 2.27. The summed E-state index contributed by atoms with van der Waals surface area (Å²) in [5.74, 6) is 0.630. The van der Waals surface area contributed by atoms with Gasteiger partial charge >= 0.3 is 6.09 Å². The van der Waals surface area contributed by atoms with Crippen molar-refractivity contribution in [2.75, 3.05) is 17.7 Å². The first-order valence-corrected chi connectivity index (χ1v) is 13.0. The molecule has 3 N–H and O–H groups in total. The fourth-order valence-corrected chi connectivity index (χ4v) is 5.48. The molecule has 1 aliphatic rings. The van der Waals surface area contributed by atoms with E-state index in [1.54, 1.807) is 11.3 Å². The van der Waals surface area contributed by atoms with E-state index in [4.69, 9.17) is 15.0 Å². The molecule has 8 nitrogen and oxygen atoms in total. The minimum absolute atomic E-state index is 0.202. The first-order chi connectivity index (χ1) is 17.5. The topological polar surface area (TPSA) is 109 Å². The van der Waals surface area contributed by atoms with Crippen LogP contribution < -0.4 is 10.6 Å². The summed E-state index contributed by atoms with van der Waals surface area (Å²) in [7, 11) is 1.34. The molecule has 2 aromatic heterocycles. The van der Waals surface area contributed by atoms with Gasteiger partial charge in [0.25, 0.3) is 0 Å². The third-order valence-corrected chi connectivity index (χ3v) is 7.31. The Morgan fingerprint density at radius 2 is 1.75 bits per heavy atom. The highest BCUT2D eigenvalue weighted by Gasteiger charge is 2.20. The molecule has 1 amide bonds. The standard InChI is InChI=1S/C27H29N5O3S/c1-35-27(34)31-19-9-12-23-24(15-19)36-25(32-23)16-21-14-20(13-17-5-3-2-4-6-17)29-26(30-21)28-18-7-10-22(33)11-8-18/h2-6,9,12,14-15,18,22,33H,7-8,10-11,13,16H2,1H3,(H,31,34)(H,28,29,30). The van der Waals surface area contributed by atoms with Crippen LogP contribution in [-0.2, 0) is 17.6 Å². The summed E-state index contributed by atoms with van der Waals surface area (Å²) in [6.45, 7) is 0. The van der Waals surface area contributed by atoms with Crippen molar-refractivity contribution >= 4 is 39.3 Å². The van der Waals surface area contributed by atoms with E-state index in [0.29, 0.717) is 18.1 Å². The Morgan fingerprint density at radius 1 is 1.00 bits per heavy atom. The molecule has 5 rings (SSSR count). The molecule has 1 aliphatic carbocycles. The Bertz CT molecular complexity index is 1340. The monoisotopic (exact) mass is 503 g/mol. The maximum absolute atomic E-state index is 11.5. The zero-order valence-electron chi connectivity index (χ0n) is 20.1.